The third-order valence-corrected chi connectivity index (χ3v) is 6.48. The van der Waals surface area contributed by atoms with Gasteiger partial charge in [0.2, 0.25) is 5.13 Å². The van der Waals surface area contributed by atoms with Crippen molar-refractivity contribution in [2.24, 2.45) is 11.8 Å². The summed E-state index contributed by atoms with van der Waals surface area (Å²) in [7, 11) is 0. The Hall–Kier alpha value is -2.71. The molecule has 2 aromatic heterocycles. The van der Waals surface area contributed by atoms with Crippen LogP contribution in [0.3, 0.4) is 0 Å². The number of para-hydroxylation sites is 1. The van der Waals surface area contributed by atoms with E-state index >= 15 is 0 Å². The van der Waals surface area contributed by atoms with E-state index in [0.29, 0.717) is 27.7 Å². The van der Waals surface area contributed by atoms with Crippen molar-refractivity contribution in [3.05, 3.63) is 42.5 Å². The highest BCUT2D eigenvalue weighted by molar-refractivity contribution is 7.18. The molecule has 0 radical (unpaired) electrons. The molecule has 0 spiro atoms. The molecule has 4 unspecified atom stereocenters. The number of carbonyl (C=O) groups is 1. The Kier molecular flexibility index (Phi) is 3.21. The zero-order valence-corrected chi connectivity index (χ0v) is 15.1. The first-order chi connectivity index (χ1) is 13.2. The predicted molar refractivity (Wildman–Crippen MR) is 100 cm³/mol. The number of urea groups is 1. The van der Waals surface area contributed by atoms with Gasteiger partial charge in [0.25, 0.3) is 0 Å². The number of rotatable bonds is 2. The van der Waals surface area contributed by atoms with E-state index in [1.54, 1.807) is 0 Å². The van der Waals surface area contributed by atoms with Crippen LogP contribution < -0.4 is 5.32 Å². The second-order valence-electron chi connectivity index (χ2n) is 7.17. The van der Waals surface area contributed by atoms with E-state index < -0.39 is 0 Å². The summed E-state index contributed by atoms with van der Waals surface area (Å²) >= 11 is 1.31. The maximum absolute atomic E-state index is 12.6. The summed E-state index contributed by atoms with van der Waals surface area (Å²) in [6.45, 7) is 1.44. The highest BCUT2D eigenvalue weighted by Crippen LogP contribution is 2.43. The van der Waals surface area contributed by atoms with Crippen molar-refractivity contribution in [3.8, 4) is 10.8 Å². The zero-order valence-electron chi connectivity index (χ0n) is 14.2. The van der Waals surface area contributed by atoms with Gasteiger partial charge >= 0.3 is 6.03 Å². The van der Waals surface area contributed by atoms with Gasteiger partial charge in [-0.05, 0) is 12.1 Å². The van der Waals surface area contributed by atoms with Gasteiger partial charge in [-0.1, -0.05) is 41.7 Å². The van der Waals surface area contributed by atoms with Gasteiger partial charge in [0.15, 0.2) is 10.8 Å². The van der Waals surface area contributed by atoms with Gasteiger partial charge in [-0.15, -0.1) is 10.2 Å². The summed E-state index contributed by atoms with van der Waals surface area (Å²) in [5.41, 5.74) is 0.808. The van der Waals surface area contributed by atoms with E-state index in [9.17, 15) is 4.79 Å². The summed E-state index contributed by atoms with van der Waals surface area (Å²) in [5, 5.41) is 13.3. The van der Waals surface area contributed by atoms with E-state index in [0.717, 1.165) is 24.1 Å². The first-order valence-corrected chi connectivity index (χ1v) is 9.78. The highest BCUT2D eigenvalue weighted by Gasteiger charge is 2.51. The number of benzene rings is 1. The van der Waals surface area contributed by atoms with E-state index in [2.05, 4.69) is 27.7 Å². The molecule has 8 heteroatoms. The maximum atomic E-state index is 12.6. The van der Waals surface area contributed by atoms with Crippen LogP contribution in [0.2, 0.25) is 0 Å². The smallest absolute Gasteiger partial charge is 0.323 e. The number of hydrogen-bond acceptors (Lipinski definition) is 6. The second-order valence-corrected chi connectivity index (χ2v) is 8.15. The molecule has 136 valence electrons. The summed E-state index contributed by atoms with van der Waals surface area (Å²) in [6.07, 6.45) is 4.58. The van der Waals surface area contributed by atoms with Crippen molar-refractivity contribution in [3.63, 3.8) is 0 Å². The van der Waals surface area contributed by atoms with Crippen molar-refractivity contribution in [2.45, 2.75) is 12.2 Å². The Labute approximate surface area is 158 Å². The van der Waals surface area contributed by atoms with Crippen LogP contribution in [-0.4, -0.2) is 46.4 Å². The minimum atomic E-state index is -0.129. The third kappa shape index (κ3) is 2.40. The number of ether oxygens (including phenoxy) is 1. The standard InChI is InChI=1S/C19H16N4O3S/c24-19(23-8-11-12(9-23)15-6-5-14(11)26-15)20-18-22-21-17(27-18)16-7-10-3-1-2-4-13(10)25-16/h1-7,11-12,14-15H,8-9H2,(H,20,22,24). The zero-order chi connectivity index (χ0) is 18.0. The van der Waals surface area contributed by atoms with Crippen LogP contribution in [0.1, 0.15) is 0 Å². The fourth-order valence-corrected chi connectivity index (χ4v) is 5.01. The minimum absolute atomic E-state index is 0.129. The Morgan fingerprint density at radius 3 is 2.70 bits per heavy atom. The highest BCUT2D eigenvalue weighted by atomic mass is 32.1. The lowest BCUT2D eigenvalue weighted by Crippen LogP contribution is -2.35. The van der Waals surface area contributed by atoms with Crippen LogP contribution in [0, 0.1) is 11.8 Å². The predicted octanol–water partition coefficient (Wildman–Crippen LogP) is 3.37. The maximum Gasteiger partial charge on any atom is 0.323 e. The van der Waals surface area contributed by atoms with Gasteiger partial charge < -0.3 is 14.1 Å². The van der Waals surface area contributed by atoms with E-state index in [1.807, 2.05) is 35.2 Å². The monoisotopic (exact) mass is 380 g/mol. The van der Waals surface area contributed by atoms with Gasteiger partial charge in [0, 0.05) is 30.3 Å². The summed E-state index contributed by atoms with van der Waals surface area (Å²) < 4.78 is 11.7. The van der Waals surface area contributed by atoms with Gasteiger partial charge in [-0.2, -0.15) is 0 Å². The number of anilines is 1. The van der Waals surface area contributed by atoms with Crippen molar-refractivity contribution in [1.82, 2.24) is 15.1 Å². The van der Waals surface area contributed by atoms with Crippen molar-refractivity contribution >= 4 is 33.5 Å². The van der Waals surface area contributed by atoms with Gasteiger partial charge in [0.05, 0.1) is 12.2 Å². The largest absolute Gasteiger partial charge is 0.453 e. The first-order valence-electron chi connectivity index (χ1n) is 8.97. The van der Waals surface area contributed by atoms with Gasteiger partial charge in [-0.3, -0.25) is 5.32 Å². The second kappa shape index (κ2) is 5.64. The molecule has 27 heavy (non-hydrogen) atoms. The molecular formula is C19H16N4O3S. The van der Waals surface area contributed by atoms with E-state index in [4.69, 9.17) is 9.15 Å². The fourth-order valence-electron chi connectivity index (χ4n) is 4.32. The number of likely N-dealkylation sites (tertiary alicyclic amines) is 1. The average Bonchev–Trinajstić information content (AvgIpc) is 3.47. The van der Waals surface area contributed by atoms with E-state index in [-0.39, 0.29) is 18.2 Å². The molecular weight excluding hydrogens is 364 g/mol. The molecule has 6 rings (SSSR count). The molecule has 5 heterocycles. The number of aromatic nitrogens is 2. The molecule has 4 atom stereocenters. The molecule has 3 aliphatic heterocycles. The molecule has 7 nitrogen and oxygen atoms in total. The molecule has 3 aromatic rings. The average molecular weight is 380 g/mol. The van der Waals surface area contributed by atoms with Crippen LogP contribution in [0.5, 0.6) is 0 Å². The van der Waals surface area contributed by atoms with Gasteiger partial charge in [0.1, 0.15) is 5.58 Å². The van der Waals surface area contributed by atoms with Crippen molar-refractivity contribution in [1.29, 1.82) is 0 Å². The summed E-state index contributed by atoms with van der Waals surface area (Å²) in [4.78, 5) is 14.5. The third-order valence-electron chi connectivity index (χ3n) is 5.62. The Morgan fingerprint density at radius 1 is 1.15 bits per heavy atom. The number of nitrogens with zero attached hydrogens (tertiary/aromatic N) is 3. The van der Waals surface area contributed by atoms with Crippen molar-refractivity contribution < 1.29 is 13.9 Å². The Balaban J connectivity index is 1.17. The summed E-state index contributed by atoms with van der Waals surface area (Å²) in [6, 6.07) is 9.61. The Morgan fingerprint density at radius 2 is 1.93 bits per heavy atom. The molecule has 1 aromatic carbocycles. The number of nitrogens with one attached hydrogen (secondary N) is 1. The molecule has 2 saturated heterocycles. The summed E-state index contributed by atoms with van der Waals surface area (Å²) in [5.74, 6) is 1.47. The molecule has 2 bridgehead atoms. The molecule has 1 N–H and O–H groups in total. The first kappa shape index (κ1) is 15.4. The van der Waals surface area contributed by atoms with Crippen LogP contribution in [-0.2, 0) is 4.74 Å². The van der Waals surface area contributed by atoms with Crippen LogP contribution in [0.15, 0.2) is 46.9 Å². The lowest BCUT2D eigenvalue weighted by molar-refractivity contribution is 0.0892. The lowest BCUT2D eigenvalue weighted by atomic mass is 9.86. The van der Waals surface area contributed by atoms with Crippen LogP contribution >= 0.6 is 11.3 Å². The Bertz CT molecular complexity index is 1020. The SMILES string of the molecule is O=C(Nc1nnc(-c2cc3ccccc3o2)s1)N1CC2C3C=CC(O3)C2C1. The number of amides is 2. The normalized spacial score (nSPS) is 28.2. The number of furan rings is 1. The molecule has 2 amide bonds. The van der Waals surface area contributed by atoms with E-state index in [1.165, 1.54) is 11.3 Å². The topological polar surface area (TPSA) is 80.5 Å². The van der Waals surface area contributed by atoms with Gasteiger partial charge in [-0.25, -0.2) is 4.79 Å². The molecule has 2 fully saturated rings. The molecule has 0 saturated carbocycles. The quantitative estimate of drug-likeness (QED) is 0.690. The number of carbonyl (C=O) groups excluding carboxylic acids is 1. The van der Waals surface area contributed by atoms with Crippen molar-refractivity contribution in [2.75, 3.05) is 18.4 Å². The van der Waals surface area contributed by atoms with Crippen LogP contribution in [0.25, 0.3) is 21.7 Å². The fraction of sp³-hybridized carbons (Fsp3) is 0.316. The minimum Gasteiger partial charge on any atom is -0.453 e. The lowest BCUT2D eigenvalue weighted by Gasteiger charge is -2.18. The number of fused-ring (bicyclic) bond motifs is 6. The number of hydrogen-bond donors (Lipinski definition) is 1. The molecule has 3 aliphatic rings. The molecule has 0 aliphatic carbocycles. The van der Waals surface area contributed by atoms with Crippen LogP contribution in [0.4, 0.5) is 9.93 Å².